The fourth-order valence-corrected chi connectivity index (χ4v) is 3.50. The van der Waals surface area contributed by atoms with Gasteiger partial charge in [-0.05, 0) is 50.4 Å². The molecule has 1 aliphatic heterocycles. The third-order valence-electron chi connectivity index (χ3n) is 5.39. The van der Waals surface area contributed by atoms with E-state index in [2.05, 4.69) is 22.6 Å². The Morgan fingerprint density at radius 1 is 1.26 bits per heavy atom. The monoisotopic (exact) mass is 435 g/mol. The van der Waals surface area contributed by atoms with Crippen molar-refractivity contribution in [3.8, 4) is 5.75 Å². The molecule has 1 aromatic carbocycles. The molecule has 31 heavy (non-hydrogen) atoms. The molecule has 1 fully saturated rings. The highest BCUT2D eigenvalue weighted by Crippen LogP contribution is 2.15. The van der Waals surface area contributed by atoms with Gasteiger partial charge in [-0.1, -0.05) is 26.0 Å². The second-order valence-electron chi connectivity index (χ2n) is 8.12. The number of hydrogen-bond donors (Lipinski definition) is 2. The standard InChI is InChI=1S/C23H37N3O5/c1-5-30-23(28)25-21(17(2)3)22(27)24-16-18-7-6-8-20(15-18)31-14-11-26(4)19-9-12-29-13-10-19/h6-8,15,17,19,21H,5,9-14,16H2,1-4H3,(H,24,27)(H,25,28). The van der Waals surface area contributed by atoms with E-state index in [0.29, 0.717) is 19.2 Å². The van der Waals surface area contributed by atoms with Gasteiger partial charge in [0.05, 0.1) is 6.61 Å². The van der Waals surface area contributed by atoms with Crippen LogP contribution in [0.5, 0.6) is 5.75 Å². The minimum absolute atomic E-state index is 0.0632. The van der Waals surface area contributed by atoms with Gasteiger partial charge in [-0.2, -0.15) is 0 Å². The maximum atomic E-state index is 12.6. The number of nitrogens with zero attached hydrogens (tertiary/aromatic N) is 1. The molecule has 1 heterocycles. The first-order valence-corrected chi connectivity index (χ1v) is 11.1. The first-order chi connectivity index (χ1) is 14.9. The molecule has 2 N–H and O–H groups in total. The molecule has 1 atom stereocenters. The van der Waals surface area contributed by atoms with Crippen LogP contribution in [0.25, 0.3) is 0 Å². The van der Waals surface area contributed by atoms with Crippen molar-refractivity contribution in [1.82, 2.24) is 15.5 Å². The van der Waals surface area contributed by atoms with E-state index in [-0.39, 0.29) is 18.4 Å². The number of likely N-dealkylation sites (N-methyl/N-ethyl adjacent to an activating group) is 1. The van der Waals surface area contributed by atoms with Crippen LogP contribution in [0.15, 0.2) is 24.3 Å². The summed E-state index contributed by atoms with van der Waals surface area (Å²) in [7, 11) is 2.13. The summed E-state index contributed by atoms with van der Waals surface area (Å²) in [5.74, 6) is 0.469. The second kappa shape index (κ2) is 13.2. The molecule has 2 amide bonds. The zero-order chi connectivity index (χ0) is 22.6. The van der Waals surface area contributed by atoms with Crippen molar-refractivity contribution in [3.63, 3.8) is 0 Å². The molecule has 0 bridgehead atoms. The van der Waals surface area contributed by atoms with Crippen molar-refractivity contribution in [3.05, 3.63) is 29.8 Å². The Morgan fingerprint density at radius 3 is 2.68 bits per heavy atom. The number of ether oxygens (including phenoxy) is 3. The average Bonchev–Trinajstić information content (AvgIpc) is 2.76. The van der Waals surface area contributed by atoms with Gasteiger partial charge < -0.3 is 24.8 Å². The summed E-state index contributed by atoms with van der Waals surface area (Å²) in [6, 6.07) is 7.59. The first-order valence-electron chi connectivity index (χ1n) is 11.1. The quantitative estimate of drug-likeness (QED) is 0.555. The molecule has 1 saturated heterocycles. The first kappa shape index (κ1) is 24.9. The molecule has 0 aliphatic carbocycles. The van der Waals surface area contributed by atoms with Crippen LogP contribution in [0.2, 0.25) is 0 Å². The molecule has 2 rings (SSSR count). The highest BCUT2D eigenvalue weighted by Gasteiger charge is 2.24. The number of carbonyl (C=O) groups is 2. The van der Waals surface area contributed by atoms with Crippen LogP contribution in [0.1, 0.15) is 39.2 Å². The molecule has 0 radical (unpaired) electrons. The van der Waals surface area contributed by atoms with Crippen LogP contribution in [-0.4, -0.2) is 69.0 Å². The lowest BCUT2D eigenvalue weighted by molar-refractivity contribution is -0.124. The van der Waals surface area contributed by atoms with Crippen LogP contribution < -0.4 is 15.4 Å². The highest BCUT2D eigenvalue weighted by atomic mass is 16.5. The molecule has 0 aromatic heterocycles. The van der Waals surface area contributed by atoms with Crippen molar-refractivity contribution < 1.29 is 23.8 Å². The zero-order valence-electron chi connectivity index (χ0n) is 19.2. The van der Waals surface area contributed by atoms with E-state index in [1.165, 1.54) is 0 Å². The summed E-state index contributed by atoms with van der Waals surface area (Å²) in [6.07, 6.45) is 1.54. The number of hydrogen-bond acceptors (Lipinski definition) is 6. The Morgan fingerprint density at radius 2 is 2.00 bits per heavy atom. The van der Waals surface area contributed by atoms with Gasteiger partial charge in [0.25, 0.3) is 0 Å². The van der Waals surface area contributed by atoms with Gasteiger partial charge in [0, 0.05) is 32.3 Å². The van der Waals surface area contributed by atoms with Crippen molar-refractivity contribution in [2.75, 3.05) is 40.0 Å². The fourth-order valence-electron chi connectivity index (χ4n) is 3.50. The molecular formula is C23H37N3O5. The Kier molecular flexibility index (Phi) is 10.6. The van der Waals surface area contributed by atoms with Gasteiger partial charge in [0.2, 0.25) is 5.91 Å². The second-order valence-corrected chi connectivity index (χ2v) is 8.12. The minimum Gasteiger partial charge on any atom is -0.492 e. The minimum atomic E-state index is -0.654. The molecule has 0 spiro atoms. The molecular weight excluding hydrogens is 398 g/mol. The third-order valence-corrected chi connectivity index (χ3v) is 5.39. The van der Waals surface area contributed by atoms with E-state index in [1.807, 2.05) is 38.1 Å². The van der Waals surface area contributed by atoms with Crippen LogP contribution >= 0.6 is 0 Å². The van der Waals surface area contributed by atoms with Gasteiger partial charge in [0.1, 0.15) is 18.4 Å². The fraction of sp³-hybridized carbons (Fsp3) is 0.652. The smallest absolute Gasteiger partial charge is 0.407 e. The van der Waals surface area contributed by atoms with Crippen LogP contribution in [0.4, 0.5) is 4.79 Å². The number of nitrogens with one attached hydrogen (secondary N) is 2. The number of rotatable bonds is 11. The Hall–Kier alpha value is -2.32. The topological polar surface area (TPSA) is 89.1 Å². The molecule has 8 heteroatoms. The van der Waals surface area contributed by atoms with Gasteiger partial charge in [0.15, 0.2) is 0 Å². The largest absolute Gasteiger partial charge is 0.492 e. The number of amides is 2. The lowest BCUT2D eigenvalue weighted by Gasteiger charge is -2.31. The predicted molar refractivity (Wildman–Crippen MR) is 119 cm³/mol. The Labute approximate surface area is 185 Å². The third kappa shape index (κ3) is 8.75. The van der Waals surface area contributed by atoms with E-state index in [0.717, 1.165) is 43.9 Å². The van der Waals surface area contributed by atoms with E-state index in [4.69, 9.17) is 14.2 Å². The molecule has 1 unspecified atom stereocenters. The lowest BCUT2D eigenvalue weighted by atomic mass is 10.0. The summed E-state index contributed by atoms with van der Waals surface area (Å²) in [4.78, 5) is 26.6. The summed E-state index contributed by atoms with van der Waals surface area (Å²) in [5.41, 5.74) is 0.933. The molecule has 8 nitrogen and oxygen atoms in total. The Balaban J connectivity index is 1.80. The predicted octanol–water partition coefficient (Wildman–Crippen LogP) is 2.56. The summed E-state index contributed by atoms with van der Waals surface area (Å²) >= 11 is 0. The Bertz CT molecular complexity index is 692. The van der Waals surface area contributed by atoms with E-state index < -0.39 is 12.1 Å². The van der Waals surface area contributed by atoms with Gasteiger partial charge in [-0.3, -0.25) is 9.69 Å². The van der Waals surface area contributed by atoms with Crippen molar-refractivity contribution >= 4 is 12.0 Å². The van der Waals surface area contributed by atoms with E-state index in [9.17, 15) is 9.59 Å². The number of benzene rings is 1. The van der Waals surface area contributed by atoms with E-state index >= 15 is 0 Å². The maximum absolute atomic E-state index is 12.6. The van der Waals surface area contributed by atoms with Crippen LogP contribution in [0, 0.1) is 5.92 Å². The lowest BCUT2D eigenvalue weighted by Crippen LogP contribution is -2.49. The van der Waals surface area contributed by atoms with Gasteiger partial charge >= 0.3 is 6.09 Å². The molecule has 1 aromatic rings. The SMILES string of the molecule is CCOC(=O)NC(C(=O)NCc1cccc(OCCN(C)C2CCOCC2)c1)C(C)C. The summed E-state index contributed by atoms with van der Waals surface area (Å²) in [5, 5.41) is 5.51. The van der Waals surface area contributed by atoms with Crippen molar-refractivity contribution in [1.29, 1.82) is 0 Å². The molecule has 174 valence electrons. The van der Waals surface area contributed by atoms with Crippen LogP contribution in [-0.2, 0) is 20.8 Å². The maximum Gasteiger partial charge on any atom is 0.407 e. The normalized spacial score (nSPS) is 15.5. The summed E-state index contributed by atoms with van der Waals surface area (Å²) < 4.78 is 16.2. The molecule has 0 saturated carbocycles. The van der Waals surface area contributed by atoms with Gasteiger partial charge in [-0.15, -0.1) is 0 Å². The van der Waals surface area contributed by atoms with Crippen molar-refractivity contribution in [2.24, 2.45) is 5.92 Å². The highest BCUT2D eigenvalue weighted by molar-refractivity contribution is 5.85. The number of carbonyl (C=O) groups excluding carboxylic acids is 2. The number of alkyl carbamates (subject to hydrolysis) is 1. The van der Waals surface area contributed by atoms with Crippen molar-refractivity contribution in [2.45, 2.75) is 52.2 Å². The van der Waals surface area contributed by atoms with Crippen LogP contribution in [0.3, 0.4) is 0 Å². The molecule has 1 aliphatic rings. The van der Waals surface area contributed by atoms with Gasteiger partial charge in [-0.25, -0.2) is 4.79 Å². The summed E-state index contributed by atoms with van der Waals surface area (Å²) in [6.45, 7) is 9.20. The zero-order valence-corrected chi connectivity index (χ0v) is 19.2. The average molecular weight is 436 g/mol. The van der Waals surface area contributed by atoms with E-state index in [1.54, 1.807) is 6.92 Å².